The minimum absolute atomic E-state index is 0.355. The van der Waals surface area contributed by atoms with E-state index in [2.05, 4.69) is 5.32 Å². The number of hydrogen-bond acceptors (Lipinski definition) is 2. The van der Waals surface area contributed by atoms with Crippen molar-refractivity contribution in [3.8, 4) is 0 Å². The van der Waals surface area contributed by atoms with E-state index in [1.165, 1.54) is 12.8 Å². The smallest absolute Gasteiger partial charge is 0.337 e. The second-order valence-electron chi connectivity index (χ2n) is 4.01. The standard InChI is InChI=1S/C12H15NO2/c14-12(15)10-3-1-2-4-11(10)13-8-7-9-5-6-9/h1-4,9,13H,5-8H2,(H,14,15). The molecular weight excluding hydrogens is 190 g/mol. The highest BCUT2D eigenvalue weighted by Crippen LogP contribution is 2.32. The fraction of sp³-hybridized carbons (Fsp3) is 0.417. The van der Waals surface area contributed by atoms with Crippen LogP contribution in [0.4, 0.5) is 5.69 Å². The van der Waals surface area contributed by atoms with Crippen LogP contribution in [0.2, 0.25) is 0 Å². The maximum absolute atomic E-state index is 10.9. The van der Waals surface area contributed by atoms with Crippen LogP contribution in [-0.2, 0) is 0 Å². The van der Waals surface area contributed by atoms with E-state index in [1.54, 1.807) is 12.1 Å². The van der Waals surface area contributed by atoms with Crippen molar-refractivity contribution in [2.45, 2.75) is 19.3 Å². The Morgan fingerprint density at radius 3 is 2.80 bits per heavy atom. The molecule has 3 nitrogen and oxygen atoms in total. The van der Waals surface area contributed by atoms with Gasteiger partial charge in [0.25, 0.3) is 0 Å². The van der Waals surface area contributed by atoms with Crippen molar-refractivity contribution < 1.29 is 9.90 Å². The summed E-state index contributed by atoms with van der Waals surface area (Å²) in [6.07, 6.45) is 3.82. The minimum atomic E-state index is -0.871. The molecule has 0 saturated heterocycles. The van der Waals surface area contributed by atoms with Crippen molar-refractivity contribution in [2.24, 2.45) is 5.92 Å². The number of carboxylic acids is 1. The van der Waals surface area contributed by atoms with Gasteiger partial charge in [-0.15, -0.1) is 0 Å². The van der Waals surface area contributed by atoms with Gasteiger partial charge >= 0.3 is 5.97 Å². The Hall–Kier alpha value is -1.51. The Kier molecular flexibility index (Phi) is 2.90. The van der Waals surface area contributed by atoms with Gasteiger partial charge in [-0.2, -0.15) is 0 Å². The number of carbonyl (C=O) groups is 1. The molecule has 0 bridgehead atoms. The van der Waals surface area contributed by atoms with Crippen LogP contribution in [0.5, 0.6) is 0 Å². The summed E-state index contributed by atoms with van der Waals surface area (Å²) in [5.74, 6) is -0.000915. The molecule has 0 spiro atoms. The normalized spacial score (nSPS) is 14.9. The monoisotopic (exact) mass is 205 g/mol. The van der Waals surface area contributed by atoms with Crippen LogP contribution in [0.15, 0.2) is 24.3 Å². The molecule has 2 N–H and O–H groups in total. The third kappa shape index (κ3) is 2.72. The lowest BCUT2D eigenvalue weighted by Crippen LogP contribution is -2.07. The van der Waals surface area contributed by atoms with Gasteiger partial charge in [0.1, 0.15) is 0 Å². The van der Waals surface area contributed by atoms with Crippen molar-refractivity contribution >= 4 is 11.7 Å². The van der Waals surface area contributed by atoms with Crippen molar-refractivity contribution in [1.29, 1.82) is 0 Å². The number of nitrogens with one attached hydrogen (secondary N) is 1. The summed E-state index contributed by atoms with van der Waals surface area (Å²) in [6.45, 7) is 0.870. The van der Waals surface area contributed by atoms with E-state index in [4.69, 9.17) is 5.11 Å². The minimum Gasteiger partial charge on any atom is -0.478 e. The van der Waals surface area contributed by atoms with Crippen LogP contribution < -0.4 is 5.32 Å². The highest BCUT2D eigenvalue weighted by atomic mass is 16.4. The van der Waals surface area contributed by atoms with Gasteiger partial charge < -0.3 is 10.4 Å². The van der Waals surface area contributed by atoms with Gasteiger partial charge in [-0.25, -0.2) is 4.79 Å². The van der Waals surface area contributed by atoms with Gasteiger partial charge in [0.15, 0.2) is 0 Å². The lowest BCUT2D eigenvalue weighted by atomic mass is 10.1. The third-order valence-corrected chi connectivity index (χ3v) is 2.72. The number of benzene rings is 1. The molecule has 1 aromatic rings. The fourth-order valence-electron chi connectivity index (χ4n) is 1.64. The van der Waals surface area contributed by atoms with Crippen LogP contribution in [0.1, 0.15) is 29.6 Å². The zero-order valence-corrected chi connectivity index (χ0v) is 8.57. The maximum Gasteiger partial charge on any atom is 0.337 e. The van der Waals surface area contributed by atoms with Gasteiger partial charge in [-0.05, 0) is 24.5 Å². The lowest BCUT2D eigenvalue weighted by molar-refractivity contribution is 0.0698. The first-order valence-electron chi connectivity index (χ1n) is 5.33. The molecule has 1 aliphatic rings. The molecule has 2 rings (SSSR count). The Balaban J connectivity index is 1.95. The lowest BCUT2D eigenvalue weighted by Gasteiger charge is -2.08. The van der Waals surface area contributed by atoms with Gasteiger partial charge in [0, 0.05) is 12.2 Å². The molecule has 0 unspecified atom stereocenters. The molecule has 0 heterocycles. The zero-order valence-electron chi connectivity index (χ0n) is 8.57. The highest BCUT2D eigenvalue weighted by Gasteiger charge is 2.20. The SMILES string of the molecule is O=C(O)c1ccccc1NCCC1CC1. The van der Waals surface area contributed by atoms with Crippen LogP contribution in [-0.4, -0.2) is 17.6 Å². The number of anilines is 1. The predicted molar refractivity (Wildman–Crippen MR) is 59.2 cm³/mol. The van der Waals surface area contributed by atoms with Crippen molar-refractivity contribution in [3.05, 3.63) is 29.8 Å². The summed E-state index contributed by atoms with van der Waals surface area (Å²) >= 11 is 0. The van der Waals surface area contributed by atoms with Crippen molar-refractivity contribution in [3.63, 3.8) is 0 Å². The fourth-order valence-corrected chi connectivity index (χ4v) is 1.64. The summed E-state index contributed by atoms with van der Waals surface area (Å²) in [5.41, 5.74) is 1.08. The van der Waals surface area contributed by atoms with Gasteiger partial charge in [0.05, 0.1) is 5.56 Å². The summed E-state index contributed by atoms with van der Waals surface area (Å²) in [5, 5.41) is 12.1. The quantitative estimate of drug-likeness (QED) is 0.776. The van der Waals surface area contributed by atoms with Crippen molar-refractivity contribution in [1.82, 2.24) is 0 Å². The van der Waals surface area contributed by atoms with Crippen LogP contribution in [0.3, 0.4) is 0 Å². The average Bonchev–Trinajstić information content (AvgIpc) is 3.02. The predicted octanol–water partition coefficient (Wildman–Crippen LogP) is 2.60. The molecule has 0 aliphatic heterocycles. The molecule has 0 amide bonds. The van der Waals surface area contributed by atoms with E-state index in [0.717, 1.165) is 24.6 Å². The summed E-state index contributed by atoms with van der Waals surface area (Å²) < 4.78 is 0. The van der Waals surface area contributed by atoms with E-state index in [9.17, 15) is 4.79 Å². The van der Waals surface area contributed by atoms with Gasteiger partial charge in [-0.3, -0.25) is 0 Å². The molecule has 3 heteroatoms. The molecule has 1 aromatic carbocycles. The van der Waals surface area contributed by atoms with E-state index in [1.807, 2.05) is 12.1 Å². The second-order valence-corrected chi connectivity index (χ2v) is 4.01. The number of carboxylic acid groups (broad SMARTS) is 1. The Morgan fingerprint density at radius 2 is 2.13 bits per heavy atom. The molecule has 0 aromatic heterocycles. The molecule has 1 aliphatic carbocycles. The molecule has 80 valence electrons. The molecular formula is C12H15NO2. The van der Waals surface area contributed by atoms with Gasteiger partial charge in [-0.1, -0.05) is 25.0 Å². The highest BCUT2D eigenvalue weighted by molar-refractivity contribution is 5.94. The number of rotatable bonds is 5. The zero-order chi connectivity index (χ0) is 10.7. The molecule has 1 fully saturated rings. The van der Waals surface area contributed by atoms with Gasteiger partial charge in [0.2, 0.25) is 0 Å². The summed E-state index contributed by atoms with van der Waals surface area (Å²) in [6, 6.07) is 7.04. The molecule has 0 atom stereocenters. The Bertz CT molecular complexity index is 358. The van der Waals surface area contributed by atoms with E-state index in [-0.39, 0.29) is 0 Å². The third-order valence-electron chi connectivity index (χ3n) is 2.72. The first kappa shape index (κ1) is 10.0. The maximum atomic E-state index is 10.9. The number of aromatic carboxylic acids is 1. The number of hydrogen-bond donors (Lipinski definition) is 2. The van der Waals surface area contributed by atoms with Crippen LogP contribution >= 0.6 is 0 Å². The Labute approximate surface area is 89.1 Å². The number of para-hydroxylation sites is 1. The molecule has 0 radical (unpaired) electrons. The summed E-state index contributed by atoms with van der Waals surface area (Å²) in [4.78, 5) is 10.9. The topological polar surface area (TPSA) is 49.3 Å². The average molecular weight is 205 g/mol. The van der Waals surface area contributed by atoms with E-state index < -0.39 is 5.97 Å². The largest absolute Gasteiger partial charge is 0.478 e. The summed E-state index contributed by atoms with van der Waals surface area (Å²) in [7, 11) is 0. The first-order valence-corrected chi connectivity index (χ1v) is 5.33. The Morgan fingerprint density at radius 1 is 1.40 bits per heavy atom. The van der Waals surface area contributed by atoms with Crippen LogP contribution in [0.25, 0.3) is 0 Å². The van der Waals surface area contributed by atoms with Crippen molar-refractivity contribution in [2.75, 3.05) is 11.9 Å². The second kappa shape index (κ2) is 4.34. The molecule has 1 saturated carbocycles. The van der Waals surface area contributed by atoms with E-state index >= 15 is 0 Å². The van der Waals surface area contributed by atoms with Crippen LogP contribution in [0, 0.1) is 5.92 Å². The van der Waals surface area contributed by atoms with E-state index in [0.29, 0.717) is 5.56 Å². The molecule has 15 heavy (non-hydrogen) atoms. The first-order chi connectivity index (χ1) is 7.27.